The maximum absolute atomic E-state index is 11.6. The van der Waals surface area contributed by atoms with E-state index < -0.39 is 0 Å². The minimum Gasteiger partial charge on any atom is -0.385 e. The zero-order valence-electron chi connectivity index (χ0n) is 9.77. The molecule has 0 aliphatic rings. The summed E-state index contributed by atoms with van der Waals surface area (Å²) in [6.07, 6.45) is 4.56. The molecule has 0 saturated carbocycles. The Labute approximate surface area is 99.7 Å². The van der Waals surface area contributed by atoms with Crippen LogP contribution in [0.1, 0.15) is 23.3 Å². The Kier molecular flexibility index (Phi) is 5.91. The number of anilines is 1. The van der Waals surface area contributed by atoms with Crippen molar-refractivity contribution in [3.63, 3.8) is 0 Å². The van der Waals surface area contributed by atoms with Gasteiger partial charge in [0, 0.05) is 20.3 Å². The van der Waals surface area contributed by atoms with Crippen molar-refractivity contribution < 1.29 is 9.53 Å². The van der Waals surface area contributed by atoms with Gasteiger partial charge in [0.25, 0.3) is 5.91 Å². The van der Waals surface area contributed by atoms with E-state index in [1.807, 2.05) is 0 Å². The quantitative estimate of drug-likeness (QED) is 0.349. The SMILES string of the molecule is COCCCCNC(=O)c1cnc(NN)cn1. The van der Waals surface area contributed by atoms with Crippen LogP contribution in [0.4, 0.5) is 5.82 Å². The van der Waals surface area contributed by atoms with E-state index in [0.717, 1.165) is 12.8 Å². The van der Waals surface area contributed by atoms with Crippen molar-refractivity contribution in [2.45, 2.75) is 12.8 Å². The number of unbranched alkanes of at least 4 members (excludes halogenated alkanes) is 1. The third kappa shape index (κ3) is 4.75. The number of amides is 1. The third-order valence-corrected chi connectivity index (χ3v) is 2.09. The number of hydrogen-bond donors (Lipinski definition) is 3. The molecule has 4 N–H and O–H groups in total. The summed E-state index contributed by atoms with van der Waals surface area (Å²) in [5.74, 6) is 5.32. The predicted octanol–water partition coefficient (Wildman–Crippen LogP) is -0.0814. The molecule has 7 nitrogen and oxygen atoms in total. The Hall–Kier alpha value is -1.73. The summed E-state index contributed by atoms with van der Waals surface area (Å²) in [5.41, 5.74) is 2.61. The average Bonchev–Trinajstić information content (AvgIpc) is 2.38. The average molecular weight is 239 g/mol. The van der Waals surface area contributed by atoms with Gasteiger partial charge in [0.2, 0.25) is 0 Å². The molecule has 1 heterocycles. The standard InChI is InChI=1S/C10H17N5O2/c1-17-5-3-2-4-12-10(16)8-6-14-9(15-11)7-13-8/h6-7H,2-5,11H2,1H3,(H,12,16)(H,14,15). The zero-order valence-corrected chi connectivity index (χ0v) is 9.77. The summed E-state index contributed by atoms with van der Waals surface area (Å²) in [7, 11) is 1.65. The van der Waals surface area contributed by atoms with Gasteiger partial charge in [-0.2, -0.15) is 0 Å². The van der Waals surface area contributed by atoms with Crippen LogP contribution in [-0.4, -0.2) is 36.1 Å². The number of nitrogens with zero attached hydrogens (tertiary/aromatic N) is 2. The highest BCUT2D eigenvalue weighted by molar-refractivity contribution is 5.91. The Morgan fingerprint density at radius 3 is 2.82 bits per heavy atom. The van der Waals surface area contributed by atoms with Crippen LogP contribution < -0.4 is 16.6 Å². The Morgan fingerprint density at radius 2 is 2.24 bits per heavy atom. The monoisotopic (exact) mass is 239 g/mol. The molecule has 0 radical (unpaired) electrons. The molecule has 1 aromatic heterocycles. The van der Waals surface area contributed by atoms with Crippen LogP contribution in [0.2, 0.25) is 0 Å². The summed E-state index contributed by atoms with van der Waals surface area (Å²) in [4.78, 5) is 19.4. The molecule has 1 amide bonds. The third-order valence-electron chi connectivity index (χ3n) is 2.09. The van der Waals surface area contributed by atoms with Gasteiger partial charge in [0.05, 0.1) is 12.4 Å². The largest absolute Gasteiger partial charge is 0.385 e. The van der Waals surface area contributed by atoms with Crippen LogP contribution in [0.5, 0.6) is 0 Å². The number of ether oxygens (including phenoxy) is 1. The van der Waals surface area contributed by atoms with Crippen molar-refractivity contribution in [3.05, 3.63) is 18.1 Å². The molecule has 1 rings (SSSR count). The van der Waals surface area contributed by atoms with Crippen LogP contribution in [-0.2, 0) is 4.74 Å². The maximum Gasteiger partial charge on any atom is 0.271 e. The van der Waals surface area contributed by atoms with E-state index in [1.54, 1.807) is 7.11 Å². The molecule has 1 aromatic rings. The highest BCUT2D eigenvalue weighted by atomic mass is 16.5. The van der Waals surface area contributed by atoms with E-state index in [0.29, 0.717) is 19.0 Å². The number of methoxy groups -OCH3 is 1. The van der Waals surface area contributed by atoms with Crippen molar-refractivity contribution in [1.29, 1.82) is 0 Å². The first-order chi connectivity index (χ1) is 8.27. The zero-order chi connectivity index (χ0) is 12.5. The molecular weight excluding hydrogens is 222 g/mol. The summed E-state index contributed by atoms with van der Waals surface area (Å²) in [6, 6.07) is 0. The van der Waals surface area contributed by atoms with E-state index in [9.17, 15) is 4.79 Å². The minimum atomic E-state index is -0.238. The minimum absolute atomic E-state index is 0.238. The second-order valence-electron chi connectivity index (χ2n) is 3.39. The molecule has 17 heavy (non-hydrogen) atoms. The van der Waals surface area contributed by atoms with Gasteiger partial charge in [0.15, 0.2) is 5.82 Å². The first-order valence-electron chi connectivity index (χ1n) is 5.33. The van der Waals surface area contributed by atoms with Crippen LogP contribution in [0, 0.1) is 0 Å². The molecule has 94 valence electrons. The van der Waals surface area contributed by atoms with E-state index >= 15 is 0 Å². The molecule has 0 aromatic carbocycles. The second-order valence-corrected chi connectivity index (χ2v) is 3.39. The molecule has 0 saturated heterocycles. The first-order valence-corrected chi connectivity index (χ1v) is 5.33. The summed E-state index contributed by atoms with van der Waals surface area (Å²) in [6.45, 7) is 1.30. The summed E-state index contributed by atoms with van der Waals surface area (Å²) in [5, 5.41) is 2.75. The van der Waals surface area contributed by atoms with Crippen molar-refractivity contribution >= 4 is 11.7 Å². The lowest BCUT2D eigenvalue weighted by Gasteiger charge is -2.04. The fourth-order valence-corrected chi connectivity index (χ4v) is 1.18. The first kappa shape index (κ1) is 13.3. The van der Waals surface area contributed by atoms with Crippen LogP contribution in [0.15, 0.2) is 12.4 Å². The van der Waals surface area contributed by atoms with Crippen molar-refractivity contribution in [3.8, 4) is 0 Å². The smallest absolute Gasteiger partial charge is 0.271 e. The topological polar surface area (TPSA) is 102 Å². The summed E-state index contributed by atoms with van der Waals surface area (Å²) >= 11 is 0. The van der Waals surface area contributed by atoms with E-state index in [2.05, 4.69) is 20.7 Å². The van der Waals surface area contributed by atoms with Gasteiger partial charge < -0.3 is 15.5 Å². The molecular formula is C10H17N5O2. The lowest BCUT2D eigenvalue weighted by atomic mass is 10.3. The number of nitrogens with two attached hydrogens (primary N) is 1. The van der Waals surface area contributed by atoms with Gasteiger partial charge in [-0.1, -0.05) is 0 Å². The lowest BCUT2D eigenvalue weighted by Crippen LogP contribution is -2.25. The van der Waals surface area contributed by atoms with Gasteiger partial charge >= 0.3 is 0 Å². The van der Waals surface area contributed by atoms with E-state index in [-0.39, 0.29) is 11.6 Å². The molecule has 0 spiro atoms. The summed E-state index contributed by atoms with van der Waals surface area (Å²) < 4.78 is 4.91. The number of rotatable bonds is 7. The second kappa shape index (κ2) is 7.53. The van der Waals surface area contributed by atoms with Crippen LogP contribution in [0.3, 0.4) is 0 Å². The van der Waals surface area contributed by atoms with Crippen LogP contribution in [0.25, 0.3) is 0 Å². The van der Waals surface area contributed by atoms with Crippen LogP contribution >= 0.6 is 0 Å². The number of carbonyl (C=O) groups is 1. The Balaban J connectivity index is 2.31. The number of hydrogen-bond acceptors (Lipinski definition) is 6. The van der Waals surface area contributed by atoms with Crippen molar-refractivity contribution in [2.24, 2.45) is 5.84 Å². The number of carbonyl (C=O) groups excluding carboxylic acids is 1. The van der Waals surface area contributed by atoms with Gasteiger partial charge in [-0.25, -0.2) is 15.8 Å². The molecule has 0 bridgehead atoms. The van der Waals surface area contributed by atoms with E-state index in [4.69, 9.17) is 10.6 Å². The van der Waals surface area contributed by atoms with Gasteiger partial charge in [-0.05, 0) is 12.8 Å². The van der Waals surface area contributed by atoms with Crippen molar-refractivity contribution in [2.75, 3.05) is 25.7 Å². The van der Waals surface area contributed by atoms with Gasteiger partial charge in [-0.3, -0.25) is 4.79 Å². The number of nitrogen functional groups attached to an aromatic ring is 1. The number of aromatic nitrogens is 2. The number of nitrogens with one attached hydrogen (secondary N) is 2. The Bertz CT molecular complexity index is 341. The molecule has 7 heteroatoms. The molecule has 0 unspecified atom stereocenters. The number of hydrazine groups is 1. The molecule has 0 aliphatic carbocycles. The van der Waals surface area contributed by atoms with E-state index in [1.165, 1.54) is 12.4 Å². The fourth-order valence-electron chi connectivity index (χ4n) is 1.18. The highest BCUT2D eigenvalue weighted by Crippen LogP contribution is 1.98. The van der Waals surface area contributed by atoms with Gasteiger partial charge in [-0.15, -0.1) is 0 Å². The normalized spacial score (nSPS) is 10.0. The Morgan fingerprint density at radius 1 is 1.41 bits per heavy atom. The highest BCUT2D eigenvalue weighted by Gasteiger charge is 2.06. The maximum atomic E-state index is 11.6. The van der Waals surface area contributed by atoms with Gasteiger partial charge in [0.1, 0.15) is 5.69 Å². The molecule has 0 atom stereocenters. The predicted molar refractivity (Wildman–Crippen MR) is 63.3 cm³/mol. The molecule has 0 fully saturated rings. The fraction of sp³-hybridized carbons (Fsp3) is 0.500. The lowest BCUT2D eigenvalue weighted by molar-refractivity contribution is 0.0946. The van der Waals surface area contributed by atoms with Crippen molar-refractivity contribution in [1.82, 2.24) is 15.3 Å². The molecule has 0 aliphatic heterocycles.